The summed E-state index contributed by atoms with van der Waals surface area (Å²) in [5, 5.41) is 14.2. The van der Waals surface area contributed by atoms with Gasteiger partial charge in [0.15, 0.2) is 0 Å². The van der Waals surface area contributed by atoms with E-state index in [1.165, 1.54) is 0 Å². The van der Waals surface area contributed by atoms with Crippen molar-refractivity contribution in [3.05, 3.63) is 71.8 Å². The number of carbonyl (C=O) groups is 3. The molecule has 0 aliphatic carbocycles. The molecule has 2 aromatic rings. The first-order valence-electron chi connectivity index (χ1n) is 9.70. The lowest BCUT2D eigenvalue weighted by Crippen LogP contribution is -2.46. The third kappa shape index (κ3) is 8.15. The standard InChI is InChI=1S/C22H27N3O4/c26-20(25-29)15-9-3-8-14-19(24-21(27)18-12-6-2-7-13-18)22(28)23-16-17-10-4-1-5-11-17/h1-2,4-7,10-13,19,29H,3,8-9,14-16H2,(H,23,28)(H,24,27)(H,25,26)/t19-/m0/s1. The molecule has 0 aliphatic rings. The number of carbonyl (C=O) groups excluding carboxylic acids is 3. The summed E-state index contributed by atoms with van der Waals surface area (Å²) in [6, 6.07) is 17.6. The molecule has 0 radical (unpaired) electrons. The van der Waals surface area contributed by atoms with Crippen molar-refractivity contribution >= 4 is 17.7 Å². The van der Waals surface area contributed by atoms with E-state index in [-0.39, 0.29) is 18.2 Å². The zero-order valence-corrected chi connectivity index (χ0v) is 16.3. The largest absolute Gasteiger partial charge is 0.350 e. The predicted molar refractivity (Wildman–Crippen MR) is 109 cm³/mol. The summed E-state index contributed by atoms with van der Waals surface area (Å²) in [6.07, 6.45) is 2.64. The van der Waals surface area contributed by atoms with E-state index in [4.69, 9.17) is 5.21 Å². The first-order chi connectivity index (χ1) is 14.1. The van der Waals surface area contributed by atoms with Crippen molar-refractivity contribution < 1.29 is 19.6 Å². The van der Waals surface area contributed by atoms with Crippen LogP contribution in [-0.2, 0) is 16.1 Å². The van der Waals surface area contributed by atoms with Crippen molar-refractivity contribution in [1.29, 1.82) is 0 Å². The molecule has 0 saturated carbocycles. The molecule has 7 nitrogen and oxygen atoms in total. The topological polar surface area (TPSA) is 108 Å². The van der Waals surface area contributed by atoms with Crippen molar-refractivity contribution in [2.75, 3.05) is 0 Å². The van der Waals surface area contributed by atoms with Gasteiger partial charge in [0.2, 0.25) is 11.8 Å². The molecule has 0 heterocycles. The van der Waals surface area contributed by atoms with Crippen LogP contribution in [0.5, 0.6) is 0 Å². The van der Waals surface area contributed by atoms with Gasteiger partial charge in [0.25, 0.3) is 5.91 Å². The van der Waals surface area contributed by atoms with Gasteiger partial charge in [-0.05, 0) is 30.5 Å². The van der Waals surface area contributed by atoms with Crippen molar-refractivity contribution in [1.82, 2.24) is 16.1 Å². The van der Waals surface area contributed by atoms with Gasteiger partial charge >= 0.3 is 0 Å². The van der Waals surface area contributed by atoms with E-state index in [1.807, 2.05) is 36.4 Å². The van der Waals surface area contributed by atoms with Gasteiger partial charge in [-0.2, -0.15) is 0 Å². The highest BCUT2D eigenvalue weighted by molar-refractivity contribution is 5.97. The molecule has 2 rings (SSSR count). The van der Waals surface area contributed by atoms with Crippen molar-refractivity contribution in [3.63, 3.8) is 0 Å². The third-order valence-electron chi connectivity index (χ3n) is 4.49. The first kappa shape index (κ1) is 22.1. The van der Waals surface area contributed by atoms with E-state index in [9.17, 15) is 14.4 Å². The van der Waals surface area contributed by atoms with E-state index < -0.39 is 11.9 Å². The fourth-order valence-electron chi connectivity index (χ4n) is 2.87. The fraction of sp³-hybridized carbons (Fsp3) is 0.318. The Morgan fingerprint density at radius 2 is 1.52 bits per heavy atom. The molecular weight excluding hydrogens is 370 g/mol. The second-order valence-electron chi connectivity index (χ2n) is 6.73. The van der Waals surface area contributed by atoms with Crippen LogP contribution in [-0.4, -0.2) is 29.0 Å². The maximum Gasteiger partial charge on any atom is 0.251 e. The minimum absolute atomic E-state index is 0.220. The number of amides is 3. The highest BCUT2D eigenvalue weighted by Gasteiger charge is 2.21. The quantitative estimate of drug-likeness (QED) is 0.265. The molecule has 1 atom stereocenters. The van der Waals surface area contributed by atoms with Gasteiger partial charge in [-0.25, -0.2) is 5.48 Å². The normalized spacial score (nSPS) is 11.3. The van der Waals surface area contributed by atoms with E-state index >= 15 is 0 Å². The molecule has 29 heavy (non-hydrogen) atoms. The number of rotatable bonds is 11. The molecule has 3 amide bonds. The zero-order chi connectivity index (χ0) is 20.9. The molecular formula is C22H27N3O4. The molecule has 0 aliphatic heterocycles. The fourth-order valence-corrected chi connectivity index (χ4v) is 2.87. The molecule has 0 spiro atoms. The Labute approximate surface area is 170 Å². The van der Waals surface area contributed by atoms with Crippen LogP contribution >= 0.6 is 0 Å². The highest BCUT2D eigenvalue weighted by Crippen LogP contribution is 2.08. The zero-order valence-electron chi connectivity index (χ0n) is 16.3. The Kier molecular flexibility index (Phi) is 9.38. The van der Waals surface area contributed by atoms with E-state index in [0.717, 1.165) is 5.56 Å². The van der Waals surface area contributed by atoms with Gasteiger partial charge in [0, 0.05) is 18.5 Å². The Balaban J connectivity index is 1.91. The van der Waals surface area contributed by atoms with Gasteiger partial charge in [-0.15, -0.1) is 0 Å². The molecule has 0 fully saturated rings. The number of hydrogen-bond donors (Lipinski definition) is 4. The molecule has 2 aromatic carbocycles. The molecule has 0 bridgehead atoms. The predicted octanol–water partition coefficient (Wildman–Crippen LogP) is 2.56. The van der Waals surface area contributed by atoms with Gasteiger partial charge in [-0.3, -0.25) is 19.6 Å². The summed E-state index contributed by atoms with van der Waals surface area (Å²) in [5.41, 5.74) is 3.07. The van der Waals surface area contributed by atoms with Crippen LogP contribution < -0.4 is 16.1 Å². The minimum atomic E-state index is -0.668. The van der Waals surface area contributed by atoms with Crippen LogP contribution in [0.25, 0.3) is 0 Å². The molecule has 0 saturated heterocycles. The summed E-state index contributed by atoms with van der Waals surface area (Å²) in [4.78, 5) is 36.2. The number of unbranched alkanes of at least 4 members (excludes halogenated alkanes) is 2. The van der Waals surface area contributed by atoms with E-state index in [1.54, 1.807) is 29.7 Å². The summed E-state index contributed by atoms with van der Waals surface area (Å²) in [6.45, 7) is 0.383. The maximum absolute atomic E-state index is 12.7. The molecule has 154 valence electrons. The lowest BCUT2D eigenvalue weighted by Gasteiger charge is -2.19. The van der Waals surface area contributed by atoms with Gasteiger partial charge in [-0.1, -0.05) is 61.4 Å². The summed E-state index contributed by atoms with van der Waals surface area (Å²) in [5.74, 6) is -0.976. The first-order valence-corrected chi connectivity index (χ1v) is 9.70. The van der Waals surface area contributed by atoms with Crippen molar-refractivity contribution in [2.45, 2.75) is 44.7 Å². The molecule has 7 heteroatoms. The van der Waals surface area contributed by atoms with Crippen LogP contribution in [0.4, 0.5) is 0 Å². The average molecular weight is 397 g/mol. The lowest BCUT2D eigenvalue weighted by atomic mass is 10.1. The van der Waals surface area contributed by atoms with Crippen LogP contribution in [0, 0.1) is 0 Å². The number of benzene rings is 2. The Morgan fingerprint density at radius 3 is 2.17 bits per heavy atom. The monoisotopic (exact) mass is 397 g/mol. The second kappa shape index (κ2) is 12.3. The van der Waals surface area contributed by atoms with Gasteiger partial charge in [0.05, 0.1) is 0 Å². The number of nitrogens with one attached hydrogen (secondary N) is 3. The summed E-state index contributed by atoms with van der Waals surface area (Å²) >= 11 is 0. The SMILES string of the molecule is O=C(CCCCC[C@H](NC(=O)c1ccccc1)C(=O)NCc1ccccc1)NO. The minimum Gasteiger partial charge on any atom is -0.350 e. The summed E-state index contributed by atoms with van der Waals surface area (Å²) < 4.78 is 0. The van der Waals surface area contributed by atoms with Crippen LogP contribution in [0.2, 0.25) is 0 Å². The second-order valence-corrected chi connectivity index (χ2v) is 6.73. The third-order valence-corrected chi connectivity index (χ3v) is 4.49. The van der Waals surface area contributed by atoms with Crippen molar-refractivity contribution in [2.24, 2.45) is 0 Å². The Morgan fingerprint density at radius 1 is 0.862 bits per heavy atom. The molecule has 4 N–H and O–H groups in total. The summed E-state index contributed by atoms with van der Waals surface area (Å²) in [7, 11) is 0. The maximum atomic E-state index is 12.7. The smallest absolute Gasteiger partial charge is 0.251 e. The van der Waals surface area contributed by atoms with Crippen LogP contribution in [0.15, 0.2) is 60.7 Å². The van der Waals surface area contributed by atoms with Crippen LogP contribution in [0.3, 0.4) is 0 Å². The van der Waals surface area contributed by atoms with Crippen molar-refractivity contribution in [3.8, 4) is 0 Å². The van der Waals surface area contributed by atoms with Crippen LogP contribution in [0.1, 0.15) is 48.0 Å². The van der Waals surface area contributed by atoms with E-state index in [2.05, 4.69) is 10.6 Å². The average Bonchev–Trinajstić information content (AvgIpc) is 2.77. The van der Waals surface area contributed by atoms with Gasteiger partial charge < -0.3 is 10.6 Å². The molecule has 0 unspecified atom stereocenters. The molecule has 0 aromatic heterocycles. The Bertz CT molecular complexity index is 781. The number of hydrogen-bond acceptors (Lipinski definition) is 4. The van der Waals surface area contributed by atoms with Gasteiger partial charge in [0.1, 0.15) is 6.04 Å². The number of hydroxylamine groups is 1. The highest BCUT2D eigenvalue weighted by atomic mass is 16.5. The Hall–Kier alpha value is -3.19. The van der Waals surface area contributed by atoms with E-state index in [0.29, 0.717) is 37.8 Å². The lowest BCUT2D eigenvalue weighted by molar-refractivity contribution is -0.129.